The molecule has 1 aromatic heterocycles. The molecule has 1 aromatic carbocycles. The number of aryl methyl sites for hydroxylation is 1. The lowest BCUT2D eigenvalue weighted by Crippen LogP contribution is -2.42. The lowest BCUT2D eigenvalue weighted by atomic mass is 10.1. The maximum Gasteiger partial charge on any atom is 0.243 e. The summed E-state index contributed by atoms with van der Waals surface area (Å²) in [5.41, 5.74) is 2.78. The van der Waals surface area contributed by atoms with Crippen molar-refractivity contribution >= 4 is 21.8 Å². The van der Waals surface area contributed by atoms with E-state index in [9.17, 15) is 8.42 Å². The van der Waals surface area contributed by atoms with E-state index < -0.39 is 10.0 Å². The highest BCUT2D eigenvalue weighted by molar-refractivity contribution is 7.89. The van der Waals surface area contributed by atoms with E-state index in [4.69, 9.17) is 19.4 Å². The van der Waals surface area contributed by atoms with Crippen LogP contribution in [0.15, 0.2) is 29.2 Å². The molecular weight excluding hydrogens is 430 g/mol. The van der Waals surface area contributed by atoms with E-state index in [2.05, 4.69) is 9.80 Å². The topological polar surface area (TPSA) is 88.1 Å². The maximum absolute atomic E-state index is 13.4. The van der Waals surface area contributed by atoms with Gasteiger partial charge in [0.2, 0.25) is 16.0 Å². The van der Waals surface area contributed by atoms with Gasteiger partial charge in [0.05, 0.1) is 37.0 Å². The van der Waals surface area contributed by atoms with Gasteiger partial charge < -0.3 is 19.3 Å². The largest absolute Gasteiger partial charge is 0.378 e. The fourth-order valence-corrected chi connectivity index (χ4v) is 5.94. The van der Waals surface area contributed by atoms with Gasteiger partial charge in [0.15, 0.2) is 0 Å². The molecule has 0 radical (unpaired) electrons. The molecule has 0 N–H and O–H groups in total. The summed E-state index contributed by atoms with van der Waals surface area (Å²) in [4.78, 5) is 14.5. The Morgan fingerprint density at radius 1 is 0.906 bits per heavy atom. The number of rotatable bonds is 4. The molecule has 4 heterocycles. The quantitative estimate of drug-likeness (QED) is 0.674. The summed E-state index contributed by atoms with van der Waals surface area (Å²) >= 11 is 0. The Balaban J connectivity index is 1.51. The summed E-state index contributed by atoms with van der Waals surface area (Å²) in [5, 5.41) is 0. The van der Waals surface area contributed by atoms with Crippen molar-refractivity contribution in [2.75, 3.05) is 69.0 Å². The van der Waals surface area contributed by atoms with Crippen molar-refractivity contribution in [2.45, 2.75) is 24.8 Å². The van der Waals surface area contributed by atoms with Gasteiger partial charge in [0.1, 0.15) is 5.82 Å². The zero-order chi connectivity index (χ0) is 22.1. The monoisotopic (exact) mass is 459 g/mol. The zero-order valence-electron chi connectivity index (χ0n) is 18.4. The summed E-state index contributed by atoms with van der Waals surface area (Å²) in [6.07, 6.45) is 0.567. The van der Waals surface area contributed by atoms with Crippen LogP contribution >= 0.6 is 0 Å². The molecule has 10 heteroatoms. The fraction of sp³-hybridized carbons (Fsp3) is 0.545. The molecule has 32 heavy (non-hydrogen) atoms. The fourth-order valence-electron chi connectivity index (χ4n) is 4.43. The van der Waals surface area contributed by atoms with Gasteiger partial charge in [-0.05, 0) is 24.6 Å². The van der Waals surface area contributed by atoms with E-state index >= 15 is 0 Å². The van der Waals surface area contributed by atoms with Gasteiger partial charge in [-0.25, -0.2) is 13.4 Å². The van der Waals surface area contributed by atoms with Gasteiger partial charge in [-0.3, -0.25) is 0 Å². The molecule has 0 saturated carbocycles. The number of morpholine rings is 2. The minimum atomic E-state index is -3.60. The predicted octanol–water partition coefficient (Wildman–Crippen LogP) is 1.21. The van der Waals surface area contributed by atoms with Crippen LogP contribution in [-0.4, -0.2) is 81.8 Å². The maximum atomic E-state index is 13.4. The van der Waals surface area contributed by atoms with E-state index in [0.29, 0.717) is 50.2 Å². The van der Waals surface area contributed by atoms with Crippen LogP contribution in [0.25, 0.3) is 0 Å². The number of anilines is 2. The molecule has 172 valence electrons. The van der Waals surface area contributed by atoms with E-state index in [-0.39, 0.29) is 6.54 Å². The highest BCUT2D eigenvalue weighted by Crippen LogP contribution is 2.32. The van der Waals surface area contributed by atoms with Gasteiger partial charge in [0.25, 0.3) is 0 Å². The van der Waals surface area contributed by atoms with Crippen LogP contribution in [0.1, 0.15) is 16.8 Å². The third kappa shape index (κ3) is 4.19. The van der Waals surface area contributed by atoms with Crippen molar-refractivity contribution in [3.8, 4) is 0 Å². The minimum absolute atomic E-state index is 0.279. The molecule has 0 bridgehead atoms. The first kappa shape index (κ1) is 21.6. The Kier molecular flexibility index (Phi) is 6.02. The Hall–Kier alpha value is -2.27. The van der Waals surface area contributed by atoms with E-state index in [1.165, 1.54) is 0 Å². The minimum Gasteiger partial charge on any atom is -0.378 e. The number of ether oxygens (including phenoxy) is 2. The average molecular weight is 460 g/mol. The zero-order valence-corrected chi connectivity index (χ0v) is 19.2. The lowest BCUT2D eigenvalue weighted by Gasteiger charge is -2.35. The van der Waals surface area contributed by atoms with Gasteiger partial charge in [-0.15, -0.1) is 0 Å². The van der Waals surface area contributed by atoms with Crippen LogP contribution in [0, 0.1) is 6.92 Å². The molecular formula is C22H29N5O4S. The van der Waals surface area contributed by atoms with Crippen molar-refractivity contribution in [1.29, 1.82) is 0 Å². The molecule has 5 rings (SSSR count). The van der Waals surface area contributed by atoms with Crippen molar-refractivity contribution in [1.82, 2.24) is 14.3 Å². The third-order valence-electron chi connectivity index (χ3n) is 6.22. The lowest BCUT2D eigenvalue weighted by molar-refractivity contribution is 0.121. The number of nitrogens with zero attached hydrogens (tertiary/aromatic N) is 5. The standard InChI is InChI=1S/C22H29N5O4S/c1-17-3-2-4-18(15-17)32(28,29)27-6-5-20-19(16-27)21(25-7-11-30-12-8-25)24-22(23-20)26-9-13-31-14-10-26/h2-4,15H,5-14,16H2,1H3. The summed E-state index contributed by atoms with van der Waals surface area (Å²) in [6, 6.07) is 7.09. The molecule has 2 fully saturated rings. The molecule has 3 aliphatic rings. The van der Waals surface area contributed by atoms with Gasteiger partial charge >= 0.3 is 0 Å². The van der Waals surface area contributed by atoms with Crippen LogP contribution in [-0.2, 0) is 32.5 Å². The Labute approximate surface area is 189 Å². The number of sulfonamides is 1. The van der Waals surface area contributed by atoms with E-state index in [1.54, 1.807) is 22.5 Å². The van der Waals surface area contributed by atoms with Gasteiger partial charge in [-0.1, -0.05) is 12.1 Å². The highest BCUT2D eigenvalue weighted by atomic mass is 32.2. The normalized spacial score (nSPS) is 20.3. The molecule has 2 aromatic rings. The molecule has 2 saturated heterocycles. The van der Waals surface area contributed by atoms with Crippen molar-refractivity contribution < 1.29 is 17.9 Å². The predicted molar refractivity (Wildman–Crippen MR) is 121 cm³/mol. The molecule has 0 spiro atoms. The Morgan fingerprint density at radius 3 is 2.28 bits per heavy atom. The highest BCUT2D eigenvalue weighted by Gasteiger charge is 2.33. The summed E-state index contributed by atoms with van der Waals surface area (Å²) in [6.45, 7) is 8.17. The number of fused-ring (bicyclic) bond motifs is 1. The second kappa shape index (κ2) is 8.93. The summed E-state index contributed by atoms with van der Waals surface area (Å²) in [7, 11) is -3.60. The molecule has 0 aliphatic carbocycles. The Bertz CT molecular complexity index is 1080. The van der Waals surface area contributed by atoms with Gasteiger partial charge in [0, 0.05) is 51.3 Å². The van der Waals surface area contributed by atoms with Crippen molar-refractivity contribution in [3.63, 3.8) is 0 Å². The number of benzene rings is 1. The van der Waals surface area contributed by atoms with Crippen molar-refractivity contribution in [3.05, 3.63) is 41.1 Å². The van der Waals surface area contributed by atoms with E-state index in [1.807, 2.05) is 13.0 Å². The SMILES string of the molecule is Cc1cccc(S(=O)(=O)N2CCc3nc(N4CCOCC4)nc(N4CCOCC4)c3C2)c1. The first-order valence-corrected chi connectivity index (χ1v) is 12.6. The Morgan fingerprint density at radius 2 is 1.59 bits per heavy atom. The molecule has 0 atom stereocenters. The van der Waals surface area contributed by atoms with Crippen LogP contribution in [0.2, 0.25) is 0 Å². The molecule has 9 nitrogen and oxygen atoms in total. The van der Waals surface area contributed by atoms with Crippen LogP contribution in [0.3, 0.4) is 0 Å². The first-order chi connectivity index (χ1) is 15.5. The second-order valence-electron chi connectivity index (χ2n) is 8.38. The molecule has 3 aliphatic heterocycles. The third-order valence-corrected chi connectivity index (χ3v) is 8.06. The van der Waals surface area contributed by atoms with Crippen LogP contribution in [0.5, 0.6) is 0 Å². The smallest absolute Gasteiger partial charge is 0.243 e. The number of hydrogen-bond donors (Lipinski definition) is 0. The second-order valence-corrected chi connectivity index (χ2v) is 10.3. The average Bonchev–Trinajstić information content (AvgIpc) is 2.84. The summed E-state index contributed by atoms with van der Waals surface area (Å²) in [5.74, 6) is 1.55. The first-order valence-electron chi connectivity index (χ1n) is 11.1. The van der Waals surface area contributed by atoms with Crippen molar-refractivity contribution in [2.24, 2.45) is 0 Å². The summed E-state index contributed by atoms with van der Waals surface area (Å²) < 4.78 is 39.3. The van der Waals surface area contributed by atoms with E-state index in [0.717, 1.165) is 48.8 Å². The van der Waals surface area contributed by atoms with Crippen LogP contribution in [0.4, 0.5) is 11.8 Å². The number of aromatic nitrogens is 2. The number of hydrogen-bond acceptors (Lipinski definition) is 8. The molecule has 0 amide bonds. The van der Waals surface area contributed by atoms with Crippen LogP contribution < -0.4 is 9.80 Å². The molecule has 0 unspecified atom stereocenters. The van der Waals surface area contributed by atoms with Gasteiger partial charge in [-0.2, -0.15) is 9.29 Å².